The summed E-state index contributed by atoms with van der Waals surface area (Å²) in [6.45, 7) is 28.1. The third-order valence-corrected chi connectivity index (χ3v) is 17.4. The zero-order valence-corrected chi connectivity index (χ0v) is 30.4. The minimum absolute atomic E-state index is 0. The average Bonchev–Trinajstić information content (AvgIpc) is 3.26. The van der Waals surface area contributed by atoms with Crippen LogP contribution in [0.2, 0.25) is 64.0 Å². The third-order valence-electron chi connectivity index (χ3n) is 8.13. The third kappa shape index (κ3) is 4.95. The summed E-state index contributed by atoms with van der Waals surface area (Å²) in [6, 6.07) is 5.02. The van der Waals surface area contributed by atoms with E-state index in [0.717, 1.165) is 6.42 Å². The van der Waals surface area contributed by atoms with E-state index < -0.39 is 24.2 Å². The van der Waals surface area contributed by atoms with Crippen LogP contribution >= 0.6 is 0 Å². The van der Waals surface area contributed by atoms with Crippen LogP contribution in [0, 0.1) is 6.92 Å². The predicted octanol–water partition coefficient (Wildman–Crippen LogP) is 0.466. The van der Waals surface area contributed by atoms with Crippen molar-refractivity contribution in [3.8, 4) is 0 Å². The van der Waals surface area contributed by atoms with Crippen molar-refractivity contribution in [2.75, 3.05) is 0 Å². The fourth-order valence-electron chi connectivity index (χ4n) is 6.20. The van der Waals surface area contributed by atoms with Crippen molar-refractivity contribution in [1.29, 1.82) is 0 Å². The molecule has 0 amide bonds. The van der Waals surface area contributed by atoms with E-state index in [9.17, 15) is 0 Å². The molecule has 0 nitrogen and oxygen atoms in total. The van der Waals surface area contributed by atoms with Crippen molar-refractivity contribution in [2.45, 2.75) is 84.2 Å². The first-order valence-corrected chi connectivity index (χ1v) is 24.2. The monoisotopic (exact) mass is 633 g/mol. The predicted molar refractivity (Wildman–Crippen MR) is 152 cm³/mol. The minimum Gasteiger partial charge on any atom is -1.00 e. The number of halogens is 2. The number of rotatable bonds is 4. The summed E-state index contributed by atoms with van der Waals surface area (Å²) in [7, 11) is -4.68. The van der Waals surface area contributed by atoms with Crippen molar-refractivity contribution in [3.05, 3.63) is 74.4 Å². The van der Waals surface area contributed by atoms with E-state index in [-0.39, 0.29) is 29.9 Å². The summed E-state index contributed by atoms with van der Waals surface area (Å²) in [5, 5.41) is 6.76. The van der Waals surface area contributed by atoms with Crippen LogP contribution in [-0.4, -0.2) is 24.2 Å². The van der Waals surface area contributed by atoms with Gasteiger partial charge >= 0.3 is 222 Å². The summed E-state index contributed by atoms with van der Waals surface area (Å²) >= 11 is 1.56. The van der Waals surface area contributed by atoms with Crippen LogP contribution in [0.15, 0.2) is 58.4 Å². The van der Waals surface area contributed by atoms with Gasteiger partial charge < -0.3 is 24.8 Å². The Balaban J connectivity index is 0.00000216. The molecule has 0 radical (unpaired) electrons. The summed E-state index contributed by atoms with van der Waals surface area (Å²) in [4.78, 5) is 0. The first-order chi connectivity index (χ1) is 15.0. The molecular weight excluding hydrogens is 595 g/mol. The molecule has 0 N–H and O–H groups in total. The van der Waals surface area contributed by atoms with Crippen LogP contribution in [0.25, 0.3) is 8.85 Å². The second-order valence-corrected chi connectivity index (χ2v) is 30.3. The van der Waals surface area contributed by atoms with Crippen LogP contribution in [0.3, 0.4) is 0 Å². The van der Waals surface area contributed by atoms with E-state index in [0.29, 0.717) is 0 Å². The molecule has 35 heavy (non-hydrogen) atoms. The summed E-state index contributed by atoms with van der Waals surface area (Å²) < 4.78 is 1.61. The topological polar surface area (TPSA) is 0 Å². The standard InChI is InChI=1S/C29H41Si3.2ClH.Zr/c1-20-16-22-18-24-23(27(22)25(17-20)30(3,4)5)19-26(31(6,7)8)29(2,32(9,10)11)28(24)21-14-12-13-15-21;;;/h12-14,16-17,19H,15H2,1-11H3;2*1H;/q;;;+2/p-2. The Bertz CT molecular complexity index is 1310. The van der Waals surface area contributed by atoms with Gasteiger partial charge in [0.05, 0.1) is 0 Å². The zero-order chi connectivity index (χ0) is 24.7. The quantitative estimate of drug-likeness (QED) is 0.423. The first-order valence-electron chi connectivity index (χ1n) is 12.4. The van der Waals surface area contributed by atoms with Crippen LogP contribution in [0.5, 0.6) is 0 Å². The van der Waals surface area contributed by atoms with E-state index >= 15 is 0 Å². The van der Waals surface area contributed by atoms with E-state index in [1.807, 2.05) is 0 Å². The molecule has 0 aromatic heterocycles. The molecule has 0 fully saturated rings. The largest absolute Gasteiger partial charge is 1.00 e. The molecule has 3 aliphatic rings. The Morgan fingerprint density at radius 3 is 1.94 bits per heavy atom. The summed E-state index contributed by atoms with van der Waals surface area (Å²) in [5.41, 5.74) is 7.90. The number of allylic oxidation sites excluding steroid dienone is 8. The van der Waals surface area contributed by atoms with E-state index in [1.165, 1.54) is 5.56 Å². The van der Waals surface area contributed by atoms with E-state index in [2.05, 4.69) is 109 Å². The van der Waals surface area contributed by atoms with Gasteiger partial charge in [-0.05, 0) is 0 Å². The Labute approximate surface area is 244 Å². The van der Waals surface area contributed by atoms with Gasteiger partial charge in [0.25, 0.3) is 0 Å². The number of hydrogen-bond donors (Lipinski definition) is 0. The van der Waals surface area contributed by atoms with Crippen molar-refractivity contribution >= 4 is 38.3 Å². The van der Waals surface area contributed by atoms with Crippen molar-refractivity contribution in [1.82, 2.24) is 0 Å². The van der Waals surface area contributed by atoms with Crippen LogP contribution in [0.4, 0.5) is 0 Å². The molecule has 187 valence electrons. The molecule has 1 aromatic carbocycles. The molecule has 3 aliphatic carbocycles. The summed E-state index contributed by atoms with van der Waals surface area (Å²) in [6.07, 6.45) is 10.9. The molecule has 1 atom stereocenters. The van der Waals surface area contributed by atoms with Gasteiger partial charge in [0.1, 0.15) is 0 Å². The Morgan fingerprint density at radius 1 is 0.886 bits per heavy atom. The van der Waals surface area contributed by atoms with Crippen molar-refractivity contribution < 1.29 is 49.5 Å². The van der Waals surface area contributed by atoms with E-state index in [4.69, 9.17) is 0 Å². The van der Waals surface area contributed by atoms with Gasteiger partial charge in [-0.3, -0.25) is 0 Å². The molecule has 0 saturated heterocycles. The second kappa shape index (κ2) is 9.97. The molecule has 4 rings (SSSR count). The van der Waals surface area contributed by atoms with Crippen LogP contribution in [-0.2, 0) is 24.7 Å². The minimum atomic E-state index is -1.61. The first kappa shape index (κ1) is 31.3. The maximum atomic E-state index is 2.74. The molecule has 0 bridgehead atoms. The molecule has 0 aliphatic heterocycles. The van der Waals surface area contributed by atoms with Gasteiger partial charge in [0.2, 0.25) is 0 Å². The fraction of sp³-hybridized carbons (Fsp3) is 0.448. The SMILES string of the molecule is Cc1cc([Si](C)(C)C)c2c(c1)=[C]([Zr+2])C1=C(C3=CC=CC3)C(C)([Si](C)(C)C)C([Si](C)(C)C)=CC=21.[Cl-].[Cl-]. The van der Waals surface area contributed by atoms with Gasteiger partial charge in [0.15, 0.2) is 0 Å². The zero-order valence-electron chi connectivity index (χ0n) is 23.4. The van der Waals surface area contributed by atoms with Gasteiger partial charge in [-0.15, -0.1) is 0 Å². The molecule has 1 aromatic rings. The van der Waals surface area contributed by atoms with Gasteiger partial charge in [-0.2, -0.15) is 0 Å². The second-order valence-electron chi connectivity index (χ2n) is 13.5. The van der Waals surface area contributed by atoms with Crippen molar-refractivity contribution in [3.63, 3.8) is 0 Å². The molecule has 1 unspecified atom stereocenters. The Morgan fingerprint density at radius 2 is 1.49 bits per heavy atom. The van der Waals surface area contributed by atoms with Gasteiger partial charge in [-0.1, -0.05) is 0 Å². The smallest absolute Gasteiger partial charge is 1.00 e. The molecular formula is C29H41Cl2Si3Zr. The maximum Gasteiger partial charge on any atom is -1.00 e. The number of hydrogen-bond acceptors (Lipinski definition) is 0. The Kier molecular flexibility index (Phi) is 8.90. The average molecular weight is 636 g/mol. The number of aryl methyl sites for hydroxylation is 1. The van der Waals surface area contributed by atoms with Crippen molar-refractivity contribution in [2.24, 2.45) is 0 Å². The van der Waals surface area contributed by atoms with Gasteiger partial charge in [0, 0.05) is 0 Å². The molecule has 0 spiro atoms. The summed E-state index contributed by atoms with van der Waals surface area (Å²) in [5.74, 6) is 0. The Hall–Kier alpha value is 0.0338. The molecule has 0 heterocycles. The normalized spacial score (nSPS) is 21.9. The van der Waals surface area contributed by atoms with Gasteiger partial charge in [-0.25, -0.2) is 0 Å². The molecule has 0 saturated carbocycles. The fourth-order valence-corrected chi connectivity index (χ4v) is 15.4. The van der Waals surface area contributed by atoms with Crippen LogP contribution in [0.1, 0.15) is 18.9 Å². The number of fused-ring (bicyclic) bond motifs is 2. The van der Waals surface area contributed by atoms with Crippen LogP contribution < -0.4 is 40.4 Å². The molecule has 6 heteroatoms. The number of benzene rings is 1. The maximum absolute atomic E-state index is 2.74. The van der Waals surface area contributed by atoms with E-state index in [1.54, 1.807) is 71.1 Å².